The highest BCUT2D eigenvalue weighted by molar-refractivity contribution is 7.87. The van der Waals surface area contributed by atoms with Crippen molar-refractivity contribution in [3.63, 3.8) is 0 Å². The van der Waals surface area contributed by atoms with Crippen LogP contribution in [0.4, 0.5) is 0 Å². The van der Waals surface area contributed by atoms with Crippen LogP contribution in [-0.2, 0) is 14.9 Å². The van der Waals surface area contributed by atoms with Crippen LogP contribution in [-0.4, -0.2) is 52.1 Å². The average molecular weight is 265 g/mol. The first-order valence-corrected chi connectivity index (χ1v) is 7.41. The quantitative estimate of drug-likeness (QED) is 0.680. The Balaban J connectivity index is 2.43. The van der Waals surface area contributed by atoms with Crippen molar-refractivity contribution in [3.8, 4) is 0 Å². The third-order valence-corrected chi connectivity index (χ3v) is 4.78. The lowest BCUT2D eigenvalue weighted by molar-refractivity contribution is 0.121. The van der Waals surface area contributed by atoms with Crippen molar-refractivity contribution in [1.82, 2.24) is 9.03 Å². The minimum absolute atomic E-state index is 0.119. The molecule has 0 aromatic rings. The topological polar surface area (TPSA) is 84.7 Å². The monoisotopic (exact) mass is 265 g/mol. The van der Waals surface area contributed by atoms with Crippen molar-refractivity contribution in [2.45, 2.75) is 25.9 Å². The molecular formula is C10H23N3O3S. The van der Waals surface area contributed by atoms with Gasteiger partial charge >= 0.3 is 0 Å². The van der Waals surface area contributed by atoms with Gasteiger partial charge in [-0.2, -0.15) is 17.4 Å². The minimum Gasteiger partial charge on any atom is -0.380 e. The summed E-state index contributed by atoms with van der Waals surface area (Å²) in [6.07, 6.45) is 1.57. The van der Waals surface area contributed by atoms with Crippen LogP contribution in [0.1, 0.15) is 19.8 Å². The predicted molar refractivity (Wildman–Crippen MR) is 66.7 cm³/mol. The predicted octanol–water partition coefficient (Wildman–Crippen LogP) is -0.474. The maximum Gasteiger partial charge on any atom is 0.279 e. The molecule has 1 saturated heterocycles. The van der Waals surface area contributed by atoms with Crippen molar-refractivity contribution in [1.29, 1.82) is 0 Å². The second-order valence-corrected chi connectivity index (χ2v) is 6.23. The summed E-state index contributed by atoms with van der Waals surface area (Å²) < 4.78 is 32.9. The normalized spacial score (nSPS) is 21.6. The highest BCUT2D eigenvalue weighted by atomic mass is 32.2. The van der Waals surface area contributed by atoms with Crippen LogP contribution in [0.3, 0.4) is 0 Å². The second kappa shape index (κ2) is 6.65. The summed E-state index contributed by atoms with van der Waals surface area (Å²) >= 11 is 0. The van der Waals surface area contributed by atoms with E-state index in [9.17, 15) is 8.42 Å². The molecule has 0 aromatic carbocycles. The summed E-state index contributed by atoms with van der Waals surface area (Å²) in [5.74, 6) is 0.458. The van der Waals surface area contributed by atoms with Crippen LogP contribution in [0.15, 0.2) is 0 Å². The first-order valence-electron chi connectivity index (χ1n) is 5.97. The van der Waals surface area contributed by atoms with Crippen LogP contribution in [0.2, 0.25) is 0 Å². The Morgan fingerprint density at radius 1 is 1.47 bits per heavy atom. The molecule has 7 heteroatoms. The number of nitrogens with zero attached hydrogens (tertiary/aromatic N) is 1. The number of methoxy groups -OCH3 is 1. The van der Waals surface area contributed by atoms with Crippen molar-refractivity contribution >= 4 is 10.2 Å². The zero-order valence-corrected chi connectivity index (χ0v) is 11.4. The maximum atomic E-state index is 11.9. The van der Waals surface area contributed by atoms with E-state index >= 15 is 0 Å². The molecule has 1 heterocycles. The summed E-state index contributed by atoms with van der Waals surface area (Å²) in [7, 11) is -1.80. The van der Waals surface area contributed by atoms with Gasteiger partial charge in [-0.05, 0) is 32.2 Å². The van der Waals surface area contributed by atoms with Gasteiger partial charge in [0.15, 0.2) is 0 Å². The van der Waals surface area contributed by atoms with Crippen LogP contribution in [0.25, 0.3) is 0 Å². The number of hydrogen-bond acceptors (Lipinski definition) is 4. The van der Waals surface area contributed by atoms with E-state index in [0.717, 1.165) is 12.8 Å². The Hall–Kier alpha value is -0.210. The molecule has 1 aliphatic heterocycles. The van der Waals surface area contributed by atoms with Gasteiger partial charge in [-0.15, -0.1) is 0 Å². The fraction of sp³-hybridized carbons (Fsp3) is 1.00. The van der Waals surface area contributed by atoms with Crippen molar-refractivity contribution < 1.29 is 13.2 Å². The summed E-state index contributed by atoms with van der Waals surface area (Å²) in [6.45, 7) is 3.87. The van der Waals surface area contributed by atoms with Crippen LogP contribution in [0.5, 0.6) is 0 Å². The van der Waals surface area contributed by atoms with Gasteiger partial charge in [-0.3, -0.25) is 0 Å². The van der Waals surface area contributed by atoms with Gasteiger partial charge in [0.25, 0.3) is 10.2 Å². The number of ether oxygens (including phenoxy) is 1. The summed E-state index contributed by atoms with van der Waals surface area (Å²) in [4.78, 5) is 0. The Kier molecular flexibility index (Phi) is 5.81. The van der Waals surface area contributed by atoms with E-state index in [1.807, 2.05) is 6.92 Å². The van der Waals surface area contributed by atoms with Crippen LogP contribution < -0.4 is 10.5 Å². The number of hydrogen-bond donors (Lipinski definition) is 2. The van der Waals surface area contributed by atoms with E-state index in [0.29, 0.717) is 32.1 Å². The van der Waals surface area contributed by atoms with Gasteiger partial charge < -0.3 is 10.5 Å². The van der Waals surface area contributed by atoms with Gasteiger partial charge in [-0.25, -0.2) is 0 Å². The smallest absolute Gasteiger partial charge is 0.279 e. The van der Waals surface area contributed by atoms with Crippen molar-refractivity contribution in [3.05, 3.63) is 0 Å². The molecule has 0 bridgehead atoms. The van der Waals surface area contributed by atoms with Gasteiger partial charge in [0, 0.05) is 26.7 Å². The molecule has 1 aliphatic rings. The van der Waals surface area contributed by atoms with E-state index in [2.05, 4.69) is 4.72 Å². The first kappa shape index (κ1) is 14.8. The van der Waals surface area contributed by atoms with Gasteiger partial charge in [0.2, 0.25) is 0 Å². The van der Waals surface area contributed by atoms with E-state index in [1.54, 1.807) is 7.11 Å². The van der Waals surface area contributed by atoms with Crippen molar-refractivity contribution in [2.75, 3.05) is 33.3 Å². The zero-order chi connectivity index (χ0) is 12.9. The SMILES string of the molecule is COC(C)CNS(=O)(=O)N1CCC(CN)CC1. The van der Waals surface area contributed by atoms with E-state index in [1.165, 1.54) is 4.31 Å². The number of piperidine rings is 1. The molecule has 3 N–H and O–H groups in total. The fourth-order valence-corrected chi connectivity index (χ4v) is 3.10. The molecule has 0 radical (unpaired) electrons. The third kappa shape index (κ3) is 4.51. The standard InChI is InChI=1S/C10H23N3O3S/c1-9(16-2)8-12-17(14,15)13-5-3-10(7-11)4-6-13/h9-10,12H,3-8,11H2,1-2H3. The molecule has 1 atom stereocenters. The molecule has 0 aromatic heterocycles. The van der Waals surface area contributed by atoms with E-state index in [4.69, 9.17) is 10.5 Å². The lowest BCUT2D eigenvalue weighted by Crippen LogP contribution is -2.47. The lowest BCUT2D eigenvalue weighted by Gasteiger charge is -2.30. The Morgan fingerprint density at radius 2 is 2.06 bits per heavy atom. The molecule has 6 nitrogen and oxygen atoms in total. The largest absolute Gasteiger partial charge is 0.380 e. The summed E-state index contributed by atoms with van der Waals surface area (Å²) in [5.41, 5.74) is 5.57. The Bertz CT molecular complexity index is 313. The molecule has 1 fully saturated rings. The van der Waals surface area contributed by atoms with E-state index < -0.39 is 10.2 Å². The highest BCUT2D eigenvalue weighted by Gasteiger charge is 2.27. The first-order chi connectivity index (χ1) is 7.99. The number of rotatable bonds is 6. The summed E-state index contributed by atoms with van der Waals surface area (Å²) in [5, 5.41) is 0. The minimum atomic E-state index is -3.36. The molecule has 102 valence electrons. The van der Waals surface area contributed by atoms with Gasteiger partial charge in [-0.1, -0.05) is 0 Å². The molecule has 0 amide bonds. The Morgan fingerprint density at radius 3 is 2.53 bits per heavy atom. The molecule has 17 heavy (non-hydrogen) atoms. The van der Waals surface area contributed by atoms with Crippen LogP contribution >= 0.6 is 0 Å². The number of nitrogens with two attached hydrogens (primary N) is 1. The van der Waals surface area contributed by atoms with E-state index in [-0.39, 0.29) is 6.10 Å². The number of nitrogens with one attached hydrogen (secondary N) is 1. The molecule has 0 saturated carbocycles. The molecular weight excluding hydrogens is 242 g/mol. The molecule has 0 spiro atoms. The highest BCUT2D eigenvalue weighted by Crippen LogP contribution is 2.17. The zero-order valence-electron chi connectivity index (χ0n) is 10.6. The third-order valence-electron chi connectivity index (χ3n) is 3.20. The van der Waals surface area contributed by atoms with Gasteiger partial charge in [0.1, 0.15) is 0 Å². The van der Waals surface area contributed by atoms with Crippen molar-refractivity contribution in [2.24, 2.45) is 11.7 Å². The fourth-order valence-electron chi connectivity index (χ4n) is 1.78. The molecule has 1 rings (SSSR count). The maximum absolute atomic E-state index is 11.9. The molecule has 0 aliphatic carbocycles. The average Bonchev–Trinajstić information content (AvgIpc) is 2.36. The van der Waals surface area contributed by atoms with Crippen LogP contribution in [0, 0.1) is 5.92 Å². The summed E-state index contributed by atoms with van der Waals surface area (Å²) in [6, 6.07) is 0. The van der Waals surface area contributed by atoms with Gasteiger partial charge in [0.05, 0.1) is 6.10 Å². The second-order valence-electron chi connectivity index (χ2n) is 4.48. The lowest BCUT2D eigenvalue weighted by atomic mass is 9.99. The molecule has 1 unspecified atom stereocenters. The Labute approximate surface area is 104 Å².